The van der Waals surface area contributed by atoms with Crippen molar-refractivity contribution in [2.75, 3.05) is 13.2 Å². The van der Waals surface area contributed by atoms with Gasteiger partial charge in [-0.3, -0.25) is 4.79 Å². The van der Waals surface area contributed by atoms with E-state index in [0.29, 0.717) is 18.7 Å². The second-order valence-corrected chi connectivity index (χ2v) is 8.52. The molecule has 168 valence electrons. The summed E-state index contributed by atoms with van der Waals surface area (Å²) in [6.45, 7) is 5.50. The highest BCUT2D eigenvalue weighted by Gasteiger charge is 2.31. The molecule has 0 saturated carbocycles. The van der Waals surface area contributed by atoms with Crippen molar-refractivity contribution in [3.63, 3.8) is 0 Å². The van der Waals surface area contributed by atoms with Crippen molar-refractivity contribution in [3.8, 4) is 5.75 Å². The molecule has 0 aliphatic heterocycles. The van der Waals surface area contributed by atoms with E-state index < -0.39 is 5.91 Å². The summed E-state index contributed by atoms with van der Waals surface area (Å²) in [6.07, 6.45) is 0.748. The van der Waals surface area contributed by atoms with Crippen LogP contribution >= 0.6 is 0 Å². The number of rotatable bonds is 11. The second-order valence-electron chi connectivity index (χ2n) is 8.52. The van der Waals surface area contributed by atoms with Crippen LogP contribution < -0.4 is 15.8 Å². The Morgan fingerprint density at radius 3 is 2.22 bits per heavy atom. The molecule has 3 rings (SSSR count). The number of hydrogen-bond donors (Lipinski definition) is 3. The molecular formula is C27H32N2O3. The third-order valence-electron chi connectivity index (χ3n) is 5.90. The van der Waals surface area contributed by atoms with Crippen molar-refractivity contribution < 1.29 is 14.6 Å². The summed E-state index contributed by atoms with van der Waals surface area (Å²) >= 11 is 0. The van der Waals surface area contributed by atoms with Crippen LogP contribution in [0.3, 0.4) is 0 Å². The molecule has 4 N–H and O–H groups in total. The molecular weight excluding hydrogens is 400 g/mol. The number of hydrogen-bond acceptors (Lipinski definition) is 4. The molecule has 5 heteroatoms. The normalized spacial score (nSPS) is 12.3. The summed E-state index contributed by atoms with van der Waals surface area (Å²) in [5, 5.41) is 12.9. The molecule has 0 aromatic heterocycles. The van der Waals surface area contributed by atoms with Gasteiger partial charge in [-0.05, 0) is 47.4 Å². The van der Waals surface area contributed by atoms with Gasteiger partial charge in [0.25, 0.3) is 0 Å². The average Bonchev–Trinajstić information content (AvgIpc) is 2.81. The molecule has 1 unspecified atom stereocenters. The fourth-order valence-corrected chi connectivity index (χ4v) is 3.78. The smallest absolute Gasteiger partial charge is 0.248 e. The van der Waals surface area contributed by atoms with Gasteiger partial charge in [-0.25, -0.2) is 0 Å². The van der Waals surface area contributed by atoms with E-state index in [1.807, 2.05) is 54.6 Å². The van der Waals surface area contributed by atoms with Gasteiger partial charge in [-0.15, -0.1) is 0 Å². The highest BCUT2D eigenvalue weighted by Crippen LogP contribution is 2.31. The van der Waals surface area contributed by atoms with E-state index in [2.05, 4.69) is 31.3 Å². The maximum atomic E-state index is 11.3. The lowest BCUT2D eigenvalue weighted by Crippen LogP contribution is -2.47. The van der Waals surface area contributed by atoms with Gasteiger partial charge < -0.3 is 20.9 Å². The van der Waals surface area contributed by atoms with Crippen LogP contribution in [0.4, 0.5) is 0 Å². The van der Waals surface area contributed by atoms with Crippen molar-refractivity contribution >= 4 is 5.91 Å². The highest BCUT2D eigenvalue weighted by atomic mass is 16.5. The molecule has 1 amide bonds. The van der Waals surface area contributed by atoms with E-state index in [-0.39, 0.29) is 18.1 Å². The van der Waals surface area contributed by atoms with E-state index in [9.17, 15) is 9.90 Å². The van der Waals surface area contributed by atoms with E-state index in [1.165, 1.54) is 5.56 Å². The van der Waals surface area contributed by atoms with Crippen LogP contribution in [0.2, 0.25) is 0 Å². The SMILES string of the molecule is CC(C)(c1ccc(OCc2ccccc2)cc1)C(Cc1ccc(C(N)=O)cc1)NCCO. The molecule has 0 fully saturated rings. The molecule has 1 atom stereocenters. The Labute approximate surface area is 190 Å². The lowest BCUT2D eigenvalue weighted by molar-refractivity contribution is 0.1000. The zero-order valence-corrected chi connectivity index (χ0v) is 18.8. The summed E-state index contributed by atoms with van der Waals surface area (Å²) < 4.78 is 5.92. The minimum atomic E-state index is -0.429. The van der Waals surface area contributed by atoms with Crippen LogP contribution in [0.25, 0.3) is 0 Å². The van der Waals surface area contributed by atoms with Gasteiger partial charge in [0.1, 0.15) is 12.4 Å². The van der Waals surface area contributed by atoms with Crippen molar-refractivity contribution in [3.05, 3.63) is 101 Å². The van der Waals surface area contributed by atoms with Gasteiger partial charge in [0, 0.05) is 23.6 Å². The van der Waals surface area contributed by atoms with Gasteiger partial charge in [-0.2, -0.15) is 0 Å². The third kappa shape index (κ3) is 6.19. The number of aliphatic hydroxyl groups is 1. The Bertz CT molecular complexity index is 984. The fourth-order valence-electron chi connectivity index (χ4n) is 3.78. The monoisotopic (exact) mass is 432 g/mol. The largest absolute Gasteiger partial charge is 0.489 e. The number of aliphatic hydroxyl groups excluding tert-OH is 1. The van der Waals surface area contributed by atoms with Crippen molar-refractivity contribution in [1.82, 2.24) is 5.32 Å². The predicted octanol–water partition coefficient (Wildman–Crippen LogP) is 3.84. The predicted molar refractivity (Wildman–Crippen MR) is 128 cm³/mol. The molecule has 3 aromatic rings. The van der Waals surface area contributed by atoms with E-state index in [4.69, 9.17) is 10.5 Å². The lowest BCUT2D eigenvalue weighted by Gasteiger charge is -2.36. The first-order chi connectivity index (χ1) is 15.4. The maximum absolute atomic E-state index is 11.3. The summed E-state index contributed by atoms with van der Waals surface area (Å²) in [7, 11) is 0. The number of nitrogens with two attached hydrogens (primary N) is 1. The Hall–Kier alpha value is -3.15. The first kappa shape index (κ1) is 23.5. The van der Waals surface area contributed by atoms with Crippen LogP contribution in [-0.4, -0.2) is 30.2 Å². The summed E-state index contributed by atoms with van der Waals surface area (Å²) in [5.41, 5.74) is 9.04. The van der Waals surface area contributed by atoms with Gasteiger partial charge in [0.2, 0.25) is 5.91 Å². The molecule has 0 saturated heterocycles. The standard InChI is InChI=1S/C27H32N2O3/c1-27(2,23-12-14-24(15-13-23)32-19-21-6-4-3-5-7-21)25(29-16-17-30)18-20-8-10-22(11-9-20)26(28)31/h3-15,25,29-30H,16-19H2,1-2H3,(H2,28,31). The number of carbonyl (C=O) groups excluding carboxylic acids is 1. The van der Waals surface area contributed by atoms with Gasteiger partial charge >= 0.3 is 0 Å². The second kappa shape index (κ2) is 10.9. The zero-order valence-electron chi connectivity index (χ0n) is 18.8. The quantitative estimate of drug-likeness (QED) is 0.430. The van der Waals surface area contributed by atoms with Crippen LogP contribution in [0.15, 0.2) is 78.9 Å². The van der Waals surface area contributed by atoms with Crippen LogP contribution in [0.5, 0.6) is 5.75 Å². The Kier molecular flexibility index (Phi) is 8.03. The topological polar surface area (TPSA) is 84.6 Å². The summed E-state index contributed by atoms with van der Waals surface area (Å²) in [4.78, 5) is 11.3. The number of primary amides is 1. The van der Waals surface area contributed by atoms with E-state index in [1.54, 1.807) is 12.1 Å². The number of amides is 1. The number of nitrogens with one attached hydrogen (secondary N) is 1. The van der Waals surface area contributed by atoms with Gasteiger partial charge in [0.15, 0.2) is 0 Å². The minimum Gasteiger partial charge on any atom is -0.489 e. The minimum absolute atomic E-state index is 0.0689. The highest BCUT2D eigenvalue weighted by molar-refractivity contribution is 5.92. The first-order valence-corrected chi connectivity index (χ1v) is 10.9. The number of benzene rings is 3. The van der Waals surface area contributed by atoms with Gasteiger partial charge in [0.05, 0.1) is 6.61 Å². The van der Waals surface area contributed by atoms with Crippen LogP contribution in [0.1, 0.15) is 40.9 Å². The Balaban J connectivity index is 1.72. The number of ether oxygens (including phenoxy) is 1. The molecule has 5 nitrogen and oxygen atoms in total. The molecule has 0 aliphatic rings. The fraction of sp³-hybridized carbons (Fsp3) is 0.296. The lowest BCUT2D eigenvalue weighted by atomic mass is 9.75. The van der Waals surface area contributed by atoms with E-state index >= 15 is 0 Å². The molecule has 0 radical (unpaired) electrons. The molecule has 0 heterocycles. The molecule has 0 spiro atoms. The van der Waals surface area contributed by atoms with Crippen molar-refractivity contribution in [2.45, 2.75) is 38.3 Å². The van der Waals surface area contributed by atoms with Crippen LogP contribution in [0, 0.1) is 0 Å². The summed E-state index contributed by atoms with van der Waals surface area (Å²) in [5.74, 6) is 0.400. The average molecular weight is 433 g/mol. The molecule has 0 bridgehead atoms. The van der Waals surface area contributed by atoms with Crippen molar-refractivity contribution in [1.29, 1.82) is 0 Å². The molecule has 3 aromatic carbocycles. The third-order valence-corrected chi connectivity index (χ3v) is 5.90. The zero-order chi connectivity index (χ0) is 23.0. The summed E-state index contributed by atoms with van der Waals surface area (Å²) in [6, 6.07) is 25.8. The Morgan fingerprint density at radius 2 is 1.62 bits per heavy atom. The number of carbonyl (C=O) groups is 1. The van der Waals surface area contributed by atoms with Crippen molar-refractivity contribution in [2.24, 2.45) is 5.73 Å². The molecule has 32 heavy (non-hydrogen) atoms. The van der Waals surface area contributed by atoms with E-state index in [0.717, 1.165) is 23.3 Å². The van der Waals surface area contributed by atoms with Gasteiger partial charge in [-0.1, -0.05) is 68.4 Å². The maximum Gasteiger partial charge on any atom is 0.248 e. The first-order valence-electron chi connectivity index (χ1n) is 10.9. The molecule has 0 aliphatic carbocycles. The van der Waals surface area contributed by atoms with Crippen LogP contribution in [-0.2, 0) is 18.4 Å². The Morgan fingerprint density at radius 1 is 0.969 bits per heavy atom.